The van der Waals surface area contributed by atoms with Gasteiger partial charge in [0.2, 0.25) is 5.82 Å². The van der Waals surface area contributed by atoms with Gasteiger partial charge in [0, 0.05) is 31.4 Å². The van der Waals surface area contributed by atoms with E-state index in [1.165, 1.54) is 12.3 Å². The Morgan fingerprint density at radius 2 is 1.95 bits per heavy atom. The molecule has 0 unspecified atom stereocenters. The first kappa shape index (κ1) is 27.3. The fourth-order valence-corrected chi connectivity index (χ4v) is 3.99. The van der Waals surface area contributed by atoms with Crippen LogP contribution >= 0.6 is 0 Å². The van der Waals surface area contributed by atoms with Crippen LogP contribution in [0.2, 0.25) is 0 Å². The molecule has 3 N–H and O–H groups in total. The SMILES string of the molecule is CC(C)=CC(N)=Nc1nc(C(F)(F)c2ccc(F)cc2)nn2cc(C(=O)NCCCN3CCOCC3)cc12. The van der Waals surface area contributed by atoms with E-state index in [2.05, 4.69) is 25.3 Å². The Labute approximate surface area is 218 Å². The van der Waals surface area contributed by atoms with Crippen molar-refractivity contribution in [3.63, 3.8) is 0 Å². The first-order valence-electron chi connectivity index (χ1n) is 12.3. The molecule has 3 heterocycles. The molecule has 0 spiro atoms. The quantitative estimate of drug-likeness (QED) is 0.250. The monoisotopic (exact) mass is 529 g/mol. The number of benzene rings is 1. The predicted molar refractivity (Wildman–Crippen MR) is 137 cm³/mol. The van der Waals surface area contributed by atoms with Crippen molar-refractivity contribution in [3.05, 3.63) is 70.9 Å². The maximum atomic E-state index is 15.4. The molecule has 38 heavy (non-hydrogen) atoms. The zero-order valence-corrected chi connectivity index (χ0v) is 21.3. The third-order valence-corrected chi connectivity index (χ3v) is 5.91. The minimum atomic E-state index is -3.66. The Kier molecular flexibility index (Phi) is 8.42. The lowest BCUT2D eigenvalue weighted by molar-refractivity contribution is 0.0315. The highest BCUT2D eigenvalue weighted by Crippen LogP contribution is 2.35. The van der Waals surface area contributed by atoms with E-state index < -0.39 is 23.1 Å². The number of alkyl halides is 2. The third-order valence-electron chi connectivity index (χ3n) is 5.91. The highest BCUT2D eigenvalue weighted by Gasteiger charge is 2.39. The van der Waals surface area contributed by atoms with Crippen molar-refractivity contribution in [2.45, 2.75) is 26.2 Å². The van der Waals surface area contributed by atoms with Crippen molar-refractivity contribution in [2.24, 2.45) is 10.7 Å². The van der Waals surface area contributed by atoms with E-state index in [0.29, 0.717) is 19.8 Å². The zero-order chi connectivity index (χ0) is 27.3. The van der Waals surface area contributed by atoms with E-state index >= 15 is 8.78 Å². The largest absolute Gasteiger partial charge is 0.384 e. The molecule has 0 saturated carbocycles. The molecular weight excluding hydrogens is 499 g/mol. The summed E-state index contributed by atoms with van der Waals surface area (Å²) < 4.78 is 50.5. The minimum absolute atomic E-state index is 0.0527. The molecule has 1 aliphatic rings. The number of aliphatic imine (C=N–C) groups is 1. The van der Waals surface area contributed by atoms with Crippen LogP contribution in [0.25, 0.3) is 5.52 Å². The van der Waals surface area contributed by atoms with Gasteiger partial charge in [-0.2, -0.15) is 8.78 Å². The molecule has 1 aromatic carbocycles. The summed E-state index contributed by atoms with van der Waals surface area (Å²) >= 11 is 0. The Balaban J connectivity index is 1.62. The van der Waals surface area contributed by atoms with E-state index in [1.807, 2.05) is 13.8 Å². The molecule has 0 bridgehead atoms. The highest BCUT2D eigenvalue weighted by molar-refractivity contribution is 5.98. The van der Waals surface area contributed by atoms with Crippen LogP contribution in [-0.2, 0) is 10.7 Å². The Hall–Kier alpha value is -3.77. The third kappa shape index (κ3) is 6.56. The van der Waals surface area contributed by atoms with Crippen LogP contribution in [0.5, 0.6) is 0 Å². The maximum Gasteiger partial charge on any atom is 0.333 e. The van der Waals surface area contributed by atoms with E-state index in [1.54, 1.807) is 6.08 Å². The van der Waals surface area contributed by atoms with Gasteiger partial charge in [0.25, 0.3) is 5.91 Å². The van der Waals surface area contributed by atoms with E-state index in [0.717, 1.165) is 60.4 Å². The molecular formula is C26H30F3N7O2. The number of rotatable bonds is 9. The summed E-state index contributed by atoms with van der Waals surface area (Å²) in [4.78, 5) is 23.3. The molecule has 0 aliphatic carbocycles. The van der Waals surface area contributed by atoms with Crippen LogP contribution in [0.15, 0.2) is 53.2 Å². The number of fused-ring (bicyclic) bond motifs is 1. The van der Waals surface area contributed by atoms with Crippen LogP contribution in [0, 0.1) is 5.82 Å². The summed E-state index contributed by atoms with van der Waals surface area (Å²) in [6.07, 6.45) is 3.66. The van der Waals surface area contributed by atoms with Crippen LogP contribution < -0.4 is 11.1 Å². The number of nitrogens with one attached hydrogen (secondary N) is 1. The molecule has 4 rings (SSSR count). The zero-order valence-electron chi connectivity index (χ0n) is 21.3. The molecule has 1 amide bonds. The molecule has 202 valence electrons. The fraction of sp³-hybridized carbons (Fsp3) is 0.385. The van der Waals surface area contributed by atoms with Gasteiger partial charge in [-0.25, -0.2) is 18.9 Å². The topological polar surface area (TPSA) is 110 Å². The van der Waals surface area contributed by atoms with Crippen LogP contribution in [0.3, 0.4) is 0 Å². The summed E-state index contributed by atoms with van der Waals surface area (Å²) in [5.41, 5.74) is 6.78. The number of aromatic nitrogens is 3. The number of hydrogen-bond donors (Lipinski definition) is 2. The lowest BCUT2D eigenvalue weighted by Gasteiger charge is -2.26. The number of amides is 1. The lowest BCUT2D eigenvalue weighted by Crippen LogP contribution is -2.38. The van der Waals surface area contributed by atoms with Crippen molar-refractivity contribution in [2.75, 3.05) is 39.4 Å². The number of allylic oxidation sites excluding steroid dienone is 1. The van der Waals surface area contributed by atoms with Gasteiger partial charge in [-0.15, -0.1) is 5.10 Å². The first-order chi connectivity index (χ1) is 18.1. The number of ether oxygens (including phenoxy) is 1. The average Bonchev–Trinajstić information content (AvgIpc) is 3.32. The van der Waals surface area contributed by atoms with E-state index in [4.69, 9.17) is 10.5 Å². The minimum Gasteiger partial charge on any atom is -0.384 e. The van der Waals surface area contributed by atoms with Crippen LogP contribution in [-0.4, -0.2) is 70.6 Å². The Bertz CT molecular complexity index is 1340. The number of halogens is 3. The predicted octanol–water partition coefficient (Wildman–Crippen LogP) is 3.42. The standard InChI is InChI=1S/C26H30F3N7O2/c1-17(2)14-22(30)32-23-21-15-18(24(37)31-8-3-9-35-10-12-38-13-11-35)16-36(21)34-25(33-23)26(28,29)19-4-6-20(27)7-5-19/h4-7,14-16H,3,8-13H2,1-2H3,(H,31,37)(H2,30,32,33,34). The number of amidine groups is 1. The van der Waals surface area contributed by atoms with Gasteiger partial charge in [0.15, 0.2) is 5.82 Å². The van der Waals surface area contributed by atoms with Crippen molar-refractivity contribution in [1.29, 1.82) is 0 Å². The second-order valence-corrected chi connectivity index (χ2v) is 9.22. The lowest BCUT2D eigenvalue weighted by atomic mass is 10.1. The van der Waals surface area contributed by atoms with Crippen LogP contribution in [0.4, 0.5) is 19.0 Å². The normalized spacial score (nSPS) is 15.0. The fourth-order valence-electron chi connectivity index (χ4n) is 3.99. The van der Waals surface area contributed by atoms with Gasteiger partial charge in [0.1, 0.15) is 17.2 Å². The van der Waals surface area contributed by atoms with Gasteiger partial charge in [-0.1, -0.05) is 5.57 Å². The summed E-state index contributed by atoms with van der Waals surface area (Å²) in [5.74, 6) is -5.63. The number of carbonyl (C=O) groups is 1. The summed E-state index contributed by atoms with van der Waals surface area (Å²) in [6, 6.07) is 5.28. The van der Waals surface area contributed by atoms with Gasteiger partial charge in [-0.05, 0) is 63.2 Å². The Morgan fingerprint density at radius 1 is 1.24 bits per heavy atom. The molecule has 9 nitrogen and oxygen atoms in total. The molecule has 1 fully saturated rings. The number of carbonyl (C=O) groups excluding carboxylic acids is 1. The van der Waals surface area contributed by atoms with Gasteiger partial charge in [-0.3, -0.25) is 9.69 Å². The number of morpholine rings is 1. The number of hydrogen-bond acceptors (Lipinski definition) is 6. The highest BCUT2D eigenvalue weighted by atomic mass is 19.3. The summed E-state index contributed by atoms with van der Waals surface area (Å²) in [6.45, 7) is 8.03. The molecule has 1 aliphatic heterocycles. The second-order valence-electron chi connectivity index (χ2n) is 9.22. The molecule has 0 atom stereocenters. The van der Waals surface area contributed by atoms with Crippen molar-refractivity contribution < 1.29 is 22.7 Å². The second kappa shape index (κ2) is 11.7. The van der Waals surface area contributed by atoms with Crippen molar-refractivity contribution >= 4 is 23.1 Å². The first-order valence-corrected chi connectivity index (χ1v) is 12.3. The van der Waals surface area contributed by atoms with Gasteiger partial charge >= 0.3 is 5.92 Å². The maximum absolute atomic E-state index is 15.4. The smallest absolute Gasteiger partial charge is 0.333 e. The summed E-state index contributed by atoms with van der Waals surface area (Å²) in [5, 5.41) is 6.82. The number of nitrogens with zero attached hydrogens (tertiary/aromatic N) is 5. The van der Waals surface area contributed by atoms with Crippen molar-refractivity contribution in [3.8, 4) is 0 Å². The molecule has 0 radical (unpaired) electrons. The van der Waals surface area contributed by atoms with Crippen LogP contribution in [0.1, 0.15) is 42.0 Å². The molecule has 12 heteroatoms. The molecule has 3 aromatic rings. The Morgan fingerprint density at radius 3 is 2.63 bits per heavy atom. The molecule has 2 aromatic heterocycles. The average molecular weight is 530 g/mol. The molecule has 1 saturated heterocycles. The van der Waals surface area contributed by atoms with Gasteiger partial charge in [0.05, 0.1) is 18.8 Å². The van der Waals surface area contributed by atoms with Crippen molar-refractivity contribution in [1.82, 2.24) is 24.8 Å². The van der Waals surface area contributed by atoms with E-state index in [-0.39, 0.29) is 28.6 Å². The number of nitrogens with two attached hydrogens (primary N) is 1. The van der Waals surface area contributed by atoms with E-state index in [9.17, 15) is 9.18 Å². The summed E-state index contributed by atoms with van der Waals surface area (Å²) in [7, 11) is 0. The van der Waals surface area contributed by atoms with Gasteiger partial charge < -0.3 is 15.8 Å².